The highest BCUT2D eigenvalue weighted by molar-refractivity contribution is 7.17. The van der Waals surface area contributed by atoms with Crippen LogP contribution in [0.3, 0.4) is 0 Å². The number of aromatic nitrogens is 1. The molecule has 4 N–H and O–H groups in total. The van der Waals surface area contributed by atoms with Gasteiger partial charge in [0, 0.05) is 17.0 Å². The van der Waals surface area contributed by atoms with Crippen molar-refractivity contribution in [3.63, 3.8) is 0 Å². The highest BCUT2D eigenvalue weighted by atomic mass is 127. The summed E-state index contributed by atoms with van der Waals surface area (Å²) in [5.74, 6) is -0.536. The van der Waals surface area contributed by atoms with E-state index >= 15 is 0 Å². The van der Waals surface area contributed by atoms with Crippen molar-refractivity contribution >= 4 is 34.0 Å². The zero-order chi connectivity index (χ0) is 16.4. The van der Waals surface area contributed by atoms with E-state index in [1.54, 1.807) is 12.1 Å². The Labute approximate surface area is 160 Å². The van der Waals surface area contributed by atoms with Crippen LogP contribution in [0, 0.1) is 0 Å². The summed E-state index contributed by atoms with van der Waals surface area (Å²) < 4.78 is 7.25. The third kappa shape index (κ3) is 4.02. The van der Waals surface area contributed by atoms with E-state index < -0.39 is 11.9 Å². The van der Waals surface area contributed by atoms with Gasteiger partial charge in [0.05, 0.1) is 24.5 Å². The van der Waals surface area contributed by atoms with Gasteiger partial charge >= 0.3 is 6.03 Å². The number of carbonyl (C=O) groups is 2. The number of amides is 3. The fourth-order valence-electron chi connectivity index (χ4n) is 2.43. The number of rotatable bonds is 3. The summed E-state index contributed by atoms with van der Waals surface area (Å²) in [6.07, 6.45) is 4.28. The summed E-state index contributed by atoms with van der Waals surface area (Å²) in [6.45, 7) is 0.995. The van der Waals surface area contributed by atoms with Crippen LogP contribution in [0.15, 0.2) is 24.5 Å². The summed E-state index contributed by atoms with van der Waals surface area (Å²) in [6, 6.07) is 3.14. The van der Waals surface area contributed by atoms with Crippen molar-refractivity contribution in [1.29, 1.82) is 0 Å². The van der Waals surface area contributed by atoms with Gasteiger partial charge < -0.3 is 39.8 Å². The zero-order valence-corrected chi connectivity index (χ0v) is 15.9. The SMILES string of the molecule is C[n+]1ccc(NC(=O)Nc2sc3c(c2C(N)=O)CCOC3)cc1.[I-]. The maximum atomic E-state index is 12.1. The second kappa shape index (κ2) is 7.90. The molecule has 2 aromatic heterocycles. The number of nitrogens with two attached hydrogens (primary N) is 1. The van der Waals surface area contributed by atoms with E-state index in [0.717, 1.165) is 10.4 Å². The van der Waals surface area contributed by atoms with E-state index in [1.165, 1.54) is 11.3 Å². The molecule has 1 aliphatic rings. The molecule has 0 aromatic carbocycles. The average molecular weight is 460 g/mol. The van der Waals surface area contributed by atoms with Gasteiger partial charge in [-0.2, -0.15) is 0 Å². The molecular formula is C15H17IN4O3S. The maximum absolute atomic E-state index is 12.1. The largest absolute Gasteiger partial charge is 1.00 e. The van der Waals surface area contributed by atoms with E-state index in [4.69, 9.17) is 10.5 Å². The molecule has 0 atom stereocenters. The molecule has 7 nitrogen and oxygen atoms in total. The maximum Gasteiger partial charge on any atom is 0.324 e. The molecule has 0 unspecified atom stereocenters. The van der Waals surface area contributed by atoms with Crippen LogP contribution in [0.25, 0.3) is 0 Å². The summed E-state index contributed by atoms with van der Waals surface area (Å²) >= 11 is 1.33. The number of aryl methyl sites for hydroxylation is 1. The van der Waals surface area contributed by atoms with Gasteiger partial charge in [-0.25, -0.2) is 9.36 Å². The number of thiophene rings is 1. The Morgan fingerprint density at radius 1 is 1.29 bits per heavy atom. The minimum Gasteiger partial charge on any atom is -1.00 e. The molecule has 0 saturated carbocycles. The molecule has 1 aliphatic heterocycles. The van der Waals surface area contributed by atoms with Gasteiger partial charge in [0.1, 0.15) is 12.0 Å². The van der Waals surface area contributed by atoms with Crippen molar-refractivity contribution in [3.8, 4) is 0 Å². The number of pyridine rings is 1. The molecule has 3 amide bonds. The molecule has 0 radical (unpaired) electrons. The van der Waals surface area contributed by atoms with Gasteiger partial charge in [-0.1, -0.05) is 0 Å². The predicted molar refractivity (Wildman–Crippen MR) is 86.5 cm³/mol. The lowest BCUT2D eigenvalue weighted by Gasteiger charge is -2.12. The van der Waals surface area contributed by atoms with Gasteiger partial charge in [0.15, 0.2) is 12.4 Å². The van der Waals surface area contributed by atoms with E-state index in [-0.39, 0.29) is 24.0 Å². The topological polar surface area (TPSA) is 97.3 Å². The van der Waals surface area contributed by atoms with E-state index in [1.807, 2.05) is 24.0 Å². The van der Waals surface area contributed by atoms with E-state index in [0.29, 0.717) is 35.9 Å². The van der Waals surface area contributed by atoms with Crippen molar-refractivity contribution in [2.24, 2.45) is 12.8 Å². The molecular weight excluding hydrogens is 443 g/mol. The number of anilines is 2. The number of urea groups is 1. The number of nitrogens with one attached hydrogen (secondary N) is 2. The Balaban J connectivity index is 0.00000208. The Kier molecular flexibility index (Phi) is 6.13. The van der Waals surface area contributed by atoms with Crippen LogP contribution in [-0.2, 0) is 24.8 Å². The first-order chi connectivity index (χ1) is 11.0. The number of hydrogen-bond acceptors (Lipinski definition) is 4. The van der Waals surface area contributed by atoms with E-state index in [9.17, 15) is 9.59 Å². The third-order valence-electron chi connectivity index (χ3n) is 3.53. The molecule has 3 rings (SSSR count). The minimum absolute atomic E-state index is 0. The number of fused-ring (bicyclic) bond motifs is 1. The Hall–Kier alpha value is -1.72. The number of ether oxygens (including phenoxy) is 1. The van der Waals surface area contributed by atoms with Gasteiger partial charge in [-0.05, 0) is 12.0 Å². The van der Waals surface area contributed by atoms with Crippen LogP contribution in [0.4, 0.5) is 15.5 Å². The zero-order valence-electron chi connectivity index (χ0n) is 13.0. The molecule has 3 heterocycles. The van der Waals surface area contributed by atoms with Crippen LogP contribution in [0.5, 0.6) is 0 Å². The number of nitrogens with zero attached hydrogens (tertiary/aromatic N) is 1. The molecule has 0 fully saturated rings. The second-order valence-electron chi connectivity index (χ2n) is 5.21. The van der Waals surface area contributed by atoms with Crippen molar-refractivity contribution in [3.05, 3.63) is 40.5 Å². The Morgan fingerprint density at radius 2 is 2.00 bits per heavy atom. The minimum atomic E-state index is -0.536. The van der Waals surface area contributed by atoms with Gasteiger partial charge in [-0.15, -0.1) is 11.3 Å². The monoisotopic (exact) mass is 460 g/mol. The van der Waals surface area contributed by atoms with E-state index in [2.05, 4.69) is 10.6 Å². The number of hydrogen-bond donors (Lipinski definition) is 3. The summed E-state index contributed by atoms with van der Waals surface area (Å²) in [7, 11) is 1.89. The highest BCUT2D eigenvalue weighted by Gasteiger charge is 2.25. The molecule has 0 saturated heterocycles. The van der Waals surface area contributed by atoms with Crippen LogP contribution in [-0.4, -0.2) is 18.5 Å². The first kappa shape index (κ1) is 18.6. The van der Waals surface area contributed by atoms with Crippen molar-refractivity contribution < 1.29 is 42.9 Å². The van der Waals surface area contributed by atoms with Crippen molar-refractivity contribution in [2.75, 3.05) is 17.2 Å². The van der Waals surface area contributed by atoms with Crippen LogP contribution in [0.1, 0.15) is 20.8 Å². The van der Waals surface area contributed by atoms with Crippen LogP contribution < -0.4 is 44.9 Å². The average Bonchev–Trinajstić information content (AvgIpc) is 2.87. The predicted octanol–water partition coefficient (Wildman–Crippen LogP) is -1.61. The quantitative estimate of drug-likeness (QED) is 0.380. The highest BCUT2D eigenvalue weighted by Crippen LogP contribution is 2.36. The first-order valence-electron chi connectivity index (χ1n) is 7.10. The van der Waals surface area contributed by atoms with Gasteiger partial charge in [0.25, 0.3) is 5.91 Å². The van der Waals surface area contributed by atoms with Gasteiger partial charge in [-0.3, -0.25) is 10.1 Å². The molecule has 0 bridgehead atoms. The molecule has 9 heteroatoms. The number of primary amides is 1. The second-order valence-corrected chi connectivity index (χ2v) is 6.31. The summed E-state index contributed by atoms with van der Waals surface area (Å²) in [4.78, 5) is 24.8. The standard InChI is InChI=1S/C15H16N4O3S.HI/c1-19-5-2-9(3-6-19)17-15(21)18-14-12(13(16)20)10-4-7-22-8-11(10)23-14;/h2-3,5-6H,4,7-8H2,1H3,(H3,16,18,20,21);1H. The fourth-order valence-corrected chi connectivity index (χ4v) is 3.62. The Morgan fingerprint density at radius 3 is 2.67 bits per heavy atom. The lowest BCUT2D eigenvalue weighted by molar-refractivity contribution is -0.671. The summed E-state index contributed by atoms with van der Waals surface area (Å²) in [5, 5.41) is 5.91. The lowest BCUT2D eigenvalue weighted by atomic mass is 10.1. The lowest BCUT2D eigenvalue weighted by Crippen LogP contribution is -3.00. The van der Waals surface area contributed by atoms with Crippen molar-refractivity contribution in [2.45, 2.75) is 13.0 Å². The van der Waals surface area contributed by atoms with Crippen molar-refractivity contribution in [1.82, 2.24) is 0 Å². The Bertz CT molecular complexity index is 761. The van der Waals surface area contributed by atoms with Crippen LogP contribution in [0.2, 0.25) is 0 Å². The van der Waals surface area contributed by atoms with Crippen LogP contribution >= 0.6 is 11.3 Å². The third-order valence-corrected chi connectivity index (χ3v) is 4.65. The fraction of sp³-hybridized carbons (Fsp3) is 0.267. The molecule has 2 aromatic rings. The normalized spacial score (nSPS) is 12.7. The molecule has 24 heavy (non-hydrogen) atoms. The smallest absolute Gasteiger partial charge is 0.324 e. The number of halogens is 1. The molecule has 0 spiro atoms. The molecule has 0 aliphatic carbocycles. The summed E-state index contributed by atoms with van der Waals surface area (Å²) in [5.41, 5.74) is 7.42. The first-order valence-corrected chi connectivity index (χ1v) is 7.91. The number of carbonyl (C=O) groups excluding carboxylic acids is 2. The van der Waals surface area contributed by atoms with Gasteiger partial charge in [0.2, 0.25) is 0 Å². The molecule has 128 valence electrons.